The lowest BCUT2D eigenvalue weighted by Gasteiger charge is -2.16. The SMILES string of the molecule is NC(=NCCC(F)(F)F)NC1CCCCCC1. The van der Waals surface area contributed by atoms with Gasteiger partial charge in [-0.1, -0.05) is 25.7 Å². The van der Waals surface area contributed by atoms with E-state index >= 15 is 0 Å². The molecule has 0 aliphatic heterocycles. The van der Waals surface area contributed by atoms with Crippen molar-refractivity contribution in [3.63, 3.8) is 0 Å². The molecule has 1 saturated carbocycles. The van der Waals surface area contributed by atoms with Crippen molar-refractivity contribution >= 4 is 5.96 Å². The first kappa shape index (κ1) is 14.1. The Hall–Kier alpha value is -0.940. The zero-order valence-electron chi connectivity index (χ0n) is 9.89. The van der Waals surface area contributed by atoms with E-state index in [4.69, 9.17) is 5.73 Å². The molecule has 0 aromatic rings. The van der Waals surface area contributed by atoms with Gasteiger partial charge in [-0.25, -0.2) is 0 Å². The predicted octanol–water partition coefficient (Wildman–Crippen LogP) is 2.57. The maximum atomic E-state index is 11.9. The van der Waals surface area contributed by atoms with Crippen LogP contribution in [0.15, 0.2) is 4.99 Å². The fraction of sp³-hybridized carbons (Fsp3) is 0.909. The van der Waals surface area contributed by atoms with Crippen LogP contribution >= 0.6 is 0 Å². The topological polar surface area (TPSA) is 50.4 Å². The van der Waals surface area contributed by atoms with Crippen LogP contribution < -0.4 is 11.1 Å². The third kappa shape index (κ3) is 7.07. The predicted molar refractivity (Wildman–Crippen MR) is 61.8 cm³/mol. The smallest absolute Gasteiger partial charge is 0.370 e. The highest BCUT2D eigenvalue weighted by molar-refractivity contribution is 5.78. The van der Waals surface area contributed by atoms with E-state index in [9.17, 15) is 13.2 Å². The molecule has 3 N–H and O–H groups in total. The van der Waals surface area contributed by atoms with E-state index in [1.165, 1.54) is 12.8 Å². The number of hydrogen-bond donors (Lipinski definition) is 2. The van der Waals surface area contributed by atoms with Gasteiger partial charge in [-0.2, -0.15) is 13.2 Å². The number of rotatable bonds is 3. The summed E-state index contributed by atoms with van der Waals surface area (Å²) in [6.45, 7) is -0.297. The van der Waals surface area contributed by atoms with Crippen LogP contribution in [0.2, 0.25) is 0 Å². The van der Waals surface area contributed by atoms with Gasteiger partial charge < -0.3 is 11.1 Å². The lowest BCUT2D eigenvalue weighted by Crippen LogP contribution is -2.40. The molecule has 0 aromatic carbocycles. The van der Waals surface area contributed by atoms with Crippen LogP contribution in [0.25, 0.3) is 0 Å². The molecular weight excluding hydrogens is 231 g/mol. The second-order valence-corrected chi connectivity index (χ2v) is 4.46. The Balaban J connectivity index is 2.26. The number of aliphatic imine (C=N–C) groups is 1. The van der Waals surface area contributed by atoms with Crippen molar-refractivity contribution in [2.75, 3.05) is 6.54 Å². The van der Waals surface area contributed by atoms with Crippen molar-refractivity contribution in [3.8, 4) is 0 Å². The van der Waals surface area contributed by atoms with Crippen molar-refractivity contribution in [2.24, 2.45) is 10.7 Å². The molecule has 0 aromatic heterocycles. The van der Waals surface area contributed by atoms with Gasteiger partial charge in [0.15, 0.2) is 5.96 Å². The van der Waals surface area contributed by atoms with Gasteiger partial charge in [-0.3, -0.25) is 4.99 Å². The highest BCUT2D eigenvalue weighted by Gasteiger charge is 2.26. The van der Waals surface area contributed by atoms with Crippen LogP contribution in [-0.2, 0) is 0 Å². The molecule has 1 aliphatic rings. The van der Waals surface area contributed by atoms with E-state index in [0.717, 1.165) is 25.7 Å². The molecule has 0 spiro atoms. The average molecular weight is 251 g/mol. The normalized spacial score (nSPS) is 20.1. The third-order valence-electron chi connectivity index (χ3n) is 2.88. The Kier molecular flexibility index (Phi) is 5.58. The minimum Gasteiger partial charge on any atom is -0.370 e. The van der Waals surface area contributed by atoms with Crippen molar-refractivity contribution in [1.29, 1.82) is 0 Å². The van der Waals surface area contributed by atoms with Crippen LogP contribution in [0.3, 0.4) is 0 Å². The first-order chi connectivity index (χ1) is 7.97. The Morgan fingerprint density at radius 3 is 2.29 bits per heavy atom. The molecule has 1 fully saturated rings. The Morgan fingerprint density at radius 2 is 1.76 bits per heavy atom. The average Bonchev–Trinajstić information content (AvgIpc) is 2.44. The van der Waals surface area contributed by atoms with Gasteiger partial charge in [0, 0.05) is 6.04 Å². The van der Waals surface area contributed by atoms with Crippen LogP contribution in [0.1, 0.15) is 44.9 Å². The van der Waals surface area contributed by atoms with Gasteiger partial charge in [-0.05, 0) is 12.8 Å². The van der Waals surface area contributed by atoms with Crippen molar-refractivity contribution in [1.82, 2.24) is 5.32 Å². The molecule has 0 amide bonds. The van der Waals surface area contributed by atoms with Gasteiger partial charge >= 0.3 is 6.18 Å². The van der Waals surface area contributed by atoms with Gasteiger partial charge in [0.05, 0.1) is 13.0 Å². The lowest BCUT2D eigenvalue weighted by molar-refractivity contribution is -0.132. The summed E-state index contributed by atoms with van der Waals surface area (Å²) in [5, 5.41) is 3.01. The summed E-state index contributed by atoms with van der Waals surface area (Å²) in [5.74, 6) is 0.140. The minimum absolute atomic E-state index is 0.140. The van der Waals surface area contributed by atoms with Crippen LogP contribution in [0.5, 0.6) is 0 Å². The molecule has 1 rings (SSSR count). The first-order valence-corrected chi connectivity index (χ1v) is 6.10. The number of nitrogens with zero attached hydrogens (tertiary/aromatic N) is 1. The molecule has 0 unspecified atom stereocenters. The van der Waals surface area contributed by atoms with Crippen LogP contribution in [-0.4, -0.2) is 24.7 Å². The standard InChI is InChI=1S/C11H20F3N3/c12-11(13,14)7-8-16-10(15)17-9-5-3-1-2-4-6-9/h9H,1-8H2,(H3,15,16,17). The van der Waals surface area contributed by atoms with Gasteiger partial charge in [0.25, 0.3) is 0 Å². The van der Waals surface area contributed by atoms with Gasteiger partial charge in [0.1, 0.15) is 0 Å². The first-order valence-electron chi connectivity index (χ1n) is 6.10. The lowest BCUT2D eigenvalue weighted by atomic mass is 10.1. The summed E-state index contributed by atoms with van der Waals surface area (Å²) < 4.78 is 35.7. The Morgan fingerprint density at radius 1 is 1.18 bits per heavy atom. The fourth-order valence-electron chi connectivity index (χ4n) is 1.98. The molecular formula is C11H20F3N3. The largest absolute Gasteiger partial charge is 0.390 e. The highest BCUT2D eigenvalue weighted by Crippen LogP contribution is 2.19. The number of hydrogen-bond acceptors (Lipinski definition) is 1. The Labute approximate surface area is 99.7 Å². The molecule has 0 heterocycles. The maximum Gasteiger partial charge on any atom is 0.390 e. The molecule has 0 saturated heterocycles. The second-order valence-electron chi connectivity index (χ2n) is 4.46. The molecule has 100 valence electrons. The highest BCUT2D eigenvalue weighted by atomic mass is 19.4. The minimum atomic E-state index is -4.16. The zero-order valence-corrected chi connectivity index (χ0v) is 9.89. The zero-order chi connectivity index (χ0) is 12.7. The summed E-state index contributed by atoms with van der Waals surface area (Å²) in [7, 11) is 0. The fourth-order valence-corrected chi connectivity index (χ4v) is 1.98. The van der Waals surface area contributed by atoms with Gasteiger partial charge in [-0.15, -0.1) is 0 Å². The molecule has 0 radical (unpaired) electrons. The molecule has 6 heteroatoms. The van der Waals surface area contributed by atoms with Crippen LogP contribution in [0, 0.1) is 0 Å². The number of nitrogens with one attached hydrogen (secondary N) is 1. The van der Waals surface area contributed by atoms with E-state index in [-0.39, 0.29) is 18.5 Å². The second kappa shape index (κ2) is 6.71. The van der Waals surface area contributed by atoms with Crippen molar-refractivity contribution in [3.05, 3.63) is 0 Å². The van der Waals surface area contributed by atoms with E-state index in [0.29, 0.717) is 0 Å². The summed E-state index contributed by atoms with van der Waals surface area (Å²) >= 11 is 0. The van der Waals surface area contributed by atoms with E-state index in [1.807, 2.05) is 0 Å². The number of alkyl halides is 3. The Bertz CT molecular complexity index is 243. The molecule has 17 heavy (non-hydrogen) atoms. The van der Waals surface area contributed by atoms with E-state index < -0.39 is 12.6 Å². The quantitative estimate of drug-likeness (QED) is 0.460. The van der Waals surface area contributed by atoms with Crippen molar-refractivity contribution in [2.45, 2.75) is 57.2 Å². The molecule has 0 bridgehead atoms. The number of halogens is 3. The molecule has 1 aliphatic carbocycles. The van der Waals surface area contributed by atoms with Crippen LogP contribution in [0.4, 0.5) is 13.2 Å². The maximum absolute atomic E-state index is 11.9. The van der Waals surface area contributed by atoms with E-state index in [1.54, 1.807) is 0 Å². The molecule has 3 nitrogen and oxygen atoms in total. The van der Waals surface area contributed by atoms with Crippen molar-refractivity contribution < 1.29 is 13.2 Å². The summed E-state index contributed by atoms with van der Waals surface area (Å²) in [6.07, 6.45) is 1.71. The summed E-state index contributed by atoms with van der Waals surface area (Å²) in [5.41, 5.74) is 5.56. The third-order valence-corrected chi connectivity index (χ3v) is 2.88. The summed E-state index contributed by atoms with van der Waals surface area (Å²) in [6, 6.07) is 0.270. The number of guanidine groups is 1. The monoisotopic (exact) mass is 251 g/mol. The van der Waals surface area contributed by atoms with Gasteiger partial charge in [0.2, 0.25) is 0 Å². The molecule has 0 atom stereocenters. The number of nitrogens with two attached hydrogens (primary N) is 1. The van der Waals surface area contributed by atoms with E-state index in [2.05, 4.69) is 10.3 Å². The summed E-state index contributed by atoms with van der Waals surface area (Å²) in [4.78, 5) is 3.70.